The Bertz CT molecular complexity index is 1390. The number of aliphatic hydroxyl groups excluding tert-OH is 2. The first-order valence-electron chi connectivity index (χ1n) is 13.4. The standard InChI is InChI=1S/C30H29F6N3O5/c31-29(32,33)21-14-20(15-22(16-21)30(34,35)36)18-44-24-8-6-19(7-9-24)17-37-27(42)25(40)26(41)28(43)39-12-10-38(11-13-39)23-4-2-1-3-5-23/h1-9,14-16,25-26,40-41H,10-13,17-18H2,(H,37,42)/t25-,26-/m1/s1. The van der Waals surface area contributed by atoms with Crippen molar-refractivity contribution in [1.82, 2.24) is 10.2 Å². The zero-order valence-corrected chi connectivity index (χ0v) is 23.1. The van der Waals surface area contributed by atoms with E-state index in [2.05, 4.69) is 10.2 Å². The Kier molecular flexibility index (Phi) is 10.0. The lowest BCUT2D eigenvalue weighted by atomic mass is 10.1. The van der Waals surface area contributed by atoms with Crippen molar-refractivity contribution < 1.29 is 50.9 Å². The molecule has 1 saturated heterocycles. The first-order valence-corrected chi connectivity index (χ1v) is 13.4. The molecule has 0 spiro atoms. The summed E-state index contributed by atoms with van der Waals surface area (Å²) >= 11 is 0. The van der Waals surface area contributed by atoms with Gasteiger partial charge in [0, 0.05) is 38.4 Å². The molecule has 1 aliphatic heterocycles. The second-order valence-electron chi connectivity index (χ2n) is 10.1. The highest BCUT2D eigenvalue weighted by Crippen LogP contribution is 2.36. The molecule has 3 N–H and O–H groups in total. The Morgan fingerprint density at radius 2 is 1.34 bits per heavy atom. The molecular weight excluding hydrogens is 596 g/mol. The van der Waals surface area contributed by atoms with E-state index in [1.807, 2.05) is 30.3 Å². The van der Waals surface area contributed by atoms with Gasteiger partial charge in [0.2, 0.25) is 0 Å². The summed E-state index contributed by atoms with van der Waals surface area (Å²) in [6, 6.07) is 16.5. The van der Waals surface area contributed by atoms with Crippen LogP contribution in [0.4, 0.5) is 32.0 Å². The summed E-state index contributed by atoms with van der Waals surface area (Å²) in [5.74, 6) is -1.62. The first kappa shape index (κ1) is 32.6. The van der Waals surface area contributed by atoms with Crippen molar-refractivity contribution in [2.24, 2.45) is 0 Å². The maximum Gasteiger partial charge on any atom is 0.416 e. The number of ether oxygens (including phenoxy) is 1. The van der Waals surface area contributed by atoms with Crippen molar-refractivity contribution in [1.29, 1.82) is 0 Å². The molecule has 236 valence electrons. The fraction of sp³-hybridized carbons (Fsp3) is 0.333. The Morgan fingerprint density at radius 3 is 1.89 bits per heavy atom. The molecule has 1 fully saturated rings. The normalized spacial score (nSPS) is 15.5. The minimum Gasteiger partial charge on any atom is -0.489 e. The highest BCUT2D eigenvalue weighted by Gasteiger charge is 2.37. The van der Waals surface area contributed by atoms with Gasteiger partial charge in [-0.3, -0.25) is 9.59 Å². The number of hydrogen-bond donors (Lipinski definition) is 3. The highest BCUT2D eigenvalue weighted by molar-refractivity contribution is 5.90. The van der Waals surface area contributed by atoms with Crippen LogP contribution in [-0.4, -0.2) is 65.3 Å². The van der Waals surface area contributed by atoms with E-state index in [0.29, 0.717) is 43.9 Å². The molecule has 8 nitrogen and oxygen atoms in total. The van der Waals surface area contributed by atoms with Gasteiger partial charge in [0.1, 0.15) is 12.4 Å². The van der Waals surface area contributed by atoms with Crippen LogP contribution in [0.15, 0.2) is 72.8 Å². The van der Waals surface area contributed by atoms with E-state index >= 15 is 0 Å². The monoisotopic (exact) mass is 625 g/mol. The minimum atomic E-state index is -4.98. The highest BCUT2D eigenvalue weighted by atomic mass is 19.4. The molecule has 0 radical (unpaired) electrons. The Hall–Kier alpha value is -4.30. The van der Waals surface area contributed by atoms with E-state index in [1.54, 1.807) is 0 Å². The van der Waals surface area contributed by atoms with Gasteiger partial charge in [0.15, 0.2) is 12.2 Å². The van der Waals surface area contributed by atoms with Gasteiger partial charge in [-0.25, -0.2) is 0 Å². The predicted octanol–water partition coefficient (Wildman–Crippen LogP) is 3.99. The number of anilines is 1. The van der Waals surface area contributed by atoms with Crippen molar-refractivity contribution in [2.75, 3.05) is 31.1 Å². The van der Waals surface area contributed by atoms with Crippen LogP contribution in [0, 0.1) is 0 Å². The molecule has 1 aliphatic rings. The Balaban J connectivity index is 1.26. The van der Waals surface area contributed by atoms with Gasteiger partial charge in [-0.2, -0.15) is 26.3 Å². The van der Waals surface area contributed by atoms with Gasteiger partial charge < -0.3 is 30.1 Å². The van der Waals surface area contributed by atoms with E-state index in [9.17, 15) is 46.1 Å². The predicted molar refractivity (Wildman–Crippen MR) is 146 cm³/mol. The van der Waals surface area contributed by atoms with Gasteiger partial charge in [-0.1, -0.05) is 30.3 Å². The molecule has 0 bridgehead atoms. The SMILES string of the molecule is O=C(NCc1ccc(OCc2cc(C(F)(F)F)cc(C(F)(F)F)c2)cc1)[C@H](O)[C@@H](O)C(=O)N1CCN(c2ccccc2)CC1. The number of nitrogens with zero attached hydrogens (tertiary/aromatic N) is 2. The van der Waals surface area contributed by atoms with Crippen LogP contribution in [0.25, 0.3) is 0 Å². The number of carbonyl (C=O) groups is 2. The molecule has 0 aliphatic carbocycles. The van der Waals surface area contributed by atoms with E-state index in [1.165, 1.54) is 29.2 Å². The van der Waals surface area contributed by atoms with Gasteiger partial charge >= 0.3 is 12.4 Å². The molecular formula is C30H29F6N3O5. The number of rotatable bonds is 9. The number of para-hydroxylation sites is 1. The van der Waals surface area contributed by atoms with Crippen molar-refractivity contribution in [3.63, 3.8) is 0 Å². The number of hydrogen-bond acceptors (Lipinski definition) is 6. The van der Waals surface area contributed by atoms with Crippen molar-refractivity contribution in [3.8, 4) is 5.75 Å². The molecule has 0 aromatic heterocycles. The number of alkyl halides is 6. The third-order valence-corrected chi connectivity index (χ3v) is 6.98. The lowest BCUT2D eigenvalue weighted by molar-refractivity contribution is -0.153. The lowest BCUT2D eigenvalue weighted by Gasteiger charge is -2.37. The van der Waals surface area contributed by atoms with Gasteiger partial charge in [-0.05, 0) is 53.6 Å². The molecule has 44 heavy (non-hydrogen) atoms. The Labute approximate surface area is 248 Å². The maximum absolute atomic E-state index is 13.1. The number of amides is 2. The summed E-state index contributed by atoms with van der Waals surface area (Å²) < 4.78 is 83.8. The minimum absolute atomic E-state index is 0.0333. The molecule has 0 saturated carbocycles. The third-order valence-electron chi connectivity index (χ3n) is 6.98. The smallest absolute Gasteiger partial charge is 0.416 e. The summed E-state index contributed by atoms with van der Waals surface area (Å²) in [7, 11) is 0. The fourth-order valence-electron chi connectivity index (χ4n) is 4.56. The zero-order valence-electron chi connectivity index (χ0n) is 23.1. The fourth-order valence-corrected chi connectivity index (χ4v) is 4.56. The molecule has 1 heterocycles. The van der Waals surface area contributed by atoms with Crippen molar-refractivity contribution >= 4 is 17.5 Å². The largest absolute Gasteiger partial charge is 0.489 e. The number of nitrogens with one attached hydrogen (secondary N) is 1. The summed E-state index contributed by atoms with van der Waals surface area (Å²) in [5, 5.41) is 23.0. The molecule has 0 unspecified atom stereocenters. The van der Waals surface area contributed by atoms with Crippen LogP contribution in [0.1, 0.15) is 22.3 Å². The molecule has 2 amide bonds. The number of benzene rings is 3. The second kappa shape index (κ2) is 13.6. The van der Waals surface area contributed by atoms with Gasteiger partial charge in [0.05, 0.1) is 11.1 Å². The number of carbonyl (C=O) groups excluding carboxylic acids is 2. The van der Waals surface area contributed by atoms with Crippen molar-refractivity contribution in [2.45, 2.75) is 37.7 Å². The lowest BCUT2D eigenvalue weighted by Crippen LogP contribution is -2.55. The van der Waals surface area contributed by atoms with E-state index in [4.69, 9.17) is 4.74 Å². The maximum atomic E-state index is 13.1. The van der Waals surface area contributed by atoms with Crippen LogP contribution >= 0.6 is 0 Å². The number of halogens is 6. The van der Waals surface area contributed by atoms with Crippen molar-refractivity contribution in [3.05, 3.63) is 95.1 Å². The quantitative estimate of drug-likeness (QED) is 0.311. The zero-order chi connectivity index (χ0) is 32.1. The van der Waals surface area contributed by atoms with Crippen LogP contribution in [0.5, 0.6) is 5.75 Å². The second-order valence-corrected chi connectivity index (χ2v) is 10.1. The number of aliphatic hydroxyl groups is 2. The van der Waals surface area contributed by atoms with E-state index < -0.39 is 54.1 Å². The van der Waals surface area contributed by atoms with E-state index in [-0.39, 0.29) is 23.9 Å². The van der Waals surface area contributed by atoms with E-state index in [0.717, 1.165) is 5.69 Å². The summed E-state index contributed by atoms with van der Waals surface area (Å²) in [4.78, 5) is 28.6. The summed E-state index contributed by atoms with van der Waals surface area (Å²) in [5.41, 5.74) is -1.74. The first-order chi connectivity index (χ1) is 20.7. The van der Waals surface area contributed by atoms with Crippen LogP contribution in [0.2, 0.25) is 0 Å². The van der Waals surface area contributed by atoms with Crippen LogP contribution in [-0.2, 0) is 35.1 Å². The topological polar surface area (TPSA) is 102 Å². The molecule has 14 heteroatoms. The van der Waals surface area contributed by atoms with Gasteiger partial charge in [-0.15, -0.1) is 0 Å². The molecule has 3 aromatic carbocycles. The summed E-state index contributed by atoms with van der Waals surface area (Å²) in [6.07, 6.45) is -13.9. The van der Waals surface area contributed by atoms with Crippen LogP contribution in [0.3, 0.4) is 0 Å². The Morgan fingerprint density at radius 1 is 0.773 bits per heavy atom. The molecule has 2 atom stereocenters. The number of piperazine rings is 1. The van der Waals surface area contributed by atoms with Crippen LogP contribution < -0.4 is 15.0 Å². The van der Waals surface area contributed by atoms with Gasteiger partial charge in [0.25, 0.3) is 11.8 Å². The summed E-state index contributed by atoms with van der Waals surface area (Å²) in [6.45, 7) is 0.936. The average molecular weight is 626 g/mol. The molecule has 4 rings (SSSR count). The average Bonchev–Trinajstić information content (AvgIpc) is 3.01. The molecule has 3 aromatic rings. The third kappa shape index (κ3) is 8.41.